The summed E-state index contributed by atoms with van der Waals surface area (Å²) in [6, 6.07) is 17.7. The highest BCUT2D eigenvalue weighted by Gasteiger charge is 2.01. The molecular formula is C19H18N4O. The number of benzene rings is 2. The minimum Gasteiger partial charge on any atom is -0.497 e. The topological polar surface area (TPSA) is 59.4 Å². The molecule has 120 valence electrons. The molecule has 0 saturated carbocycles. The van der Waals surface area contributed by atoms with Crippen LogP contribution in [0.3, 0.4) is 0 Å². The fourth-order valence-electron chi connectivity index (χ4n) is 2.20. The highest BCUT2D eigenvalue weighted by molar-refractivity contribution is 5.99. The molecule has 0 fully saturated rings. The molecular weight excluding hydrogens is 300 g/mol. The van der Waals surface area contributed by atoms with Crippen molar-refractivity contribution in [2.75, 3.05) is 12.5 Å². The molecule has 1 N–H and O–H groups in total. The zero-order valence-corrected chi connectivity index (χ0v) is 13.6. The first-order chi connectivity index (χ1) is 11.8. The van der Waals surface area contributed by atoms with E-state index in [2.05, 4.69) is 20.5 Å². The molecule has 0 amide bonds. The molecule has 0 saturated heterocycles. The van der Waals surface area contributed by atoms with Crippen molar-refractivity contribution >= 4 is 11.7 Å². The average molecular weight is 318 g/mol. The summed E-state index contributed by atoms with van der Waals surface area (Å²) in [5, 5.41) is 4.32. The van der Waals surface area contributed by atoms with Crippen molar-refractivity contribution in [3.05, 3.63) is 72.6 Å². The molecule has 1 aromatic heterocycles. The van der Waals surface area contributed by atoms with Gasteiger partial charge in [0.25, 0.3) is 0 Å². The lowest BCUT2D eigenvalue weighted by atomic mass is 10.1. The van der Waals surface area contributed by atoms with Crippen molar-refractivity contribution in [2.24, 2.45) is 5.10 Å². The molecule has 3 aromatic rings. The van der Waals surface area contributed by atoms with Gasteiger partial charge in [-0.2, -0.15) is 5.10 Å². The number of rotatable bonds is 5. The summed E-state index contributed by atoms with van der Waals surface area (Å²) in [6.45, 7) is 1.92. The molecule has 0 atom stereocenters. The largest absolute Gasteiger partial charge is 0.497 e. The van der Waals surface area contributed by atoms with E-state index in [-0.39, 0.29) is 0 Å². The molecule has 0 bridgehead atoms. The van der Waals surface area contributed by atoms with E-state index >= 15 is 0 Å². The Morgan fingerprint density at radius 2 is 1.58 bits per heavy atom. The van der Waals surface area contributed by atoms with E-state index in [4.69, 9.17) is 4.74 Å². The van der Waals surface area contributed by atoms with Crippen LogP contribution in [-0.2, 0) is 0 Å². The minimum absolute atomic E-state index is 0.461. The van der Waals surface area contributed by atoms with E-state index in [0.29, 0.717) is 5.95 Å². The van der Waals surface area contributed by atoms with Gasteiger partial charge in [-0.1, -0.05) is 30.3 Å². The molecule has 0 aliphatic carbocycles. The lowest BCUT2D eigenvalue weighted by Gasteiger charge is -2.05. The SMILES string of the molecule is COc1ccc(/C(C)=N\Nc2ncc(-c3ccccc3)cn2)cc1. The van der Waals surface area contributed by atoms with Crippen LogP contribution < -0.4 is 10.2 Å². The van der Waals surface area contributed by atoms with Crippen molar-refractivity contribution in [3.63, 3.8) is 0 Å². The third kappa shape index (κ3) is 3.76. The normalized spacial score (nSPS) is 11.2. The maximum Gasteiger partial charge on any atom is 0.243 e. The maximum atomic E-state index is 5.15. The summed E-state index contributed by atoms with van der Waals surface area (Å²) in [5.41, 5.74) is 6.78. The van der Waals surface area contributed by atoms with Crippen molar-refractivity contribution in [2.45, 2.75) is 6.92 Å². The van der Waals surface area contributed by atoms with Crippen molar-refractivity contribution < 1.29 is 4.74 Å². The Morgan fingerprint density at radius 3 is 2.21 bits per heavy atom. The maximum absolute atomic E-state index is 5.15. The lowest BCUT2D eigenvalue weighted by Crippen LogP contribution is -2.02. The van der Waals surface area contributed by atoms with Crippen LogP contribution in [0.2, 0.25) is 0 Å². The van der Waals surface area contributed by atoms with Crippen LogP contribution in [-0.4, -0.2) is 22.8 Å². The molecule has 0 spiro atoms. The van der Waals surface area contributed by atoms with E-state index in [9.17, 15) is 0 Å². The molecule has 24 heavy (non-hydrogen) atoms. The van der Waals surface area contributed by atoms with Gasteiger partial charge in [0.15, 0.2) is 0 Å². The van der Waals surface area contributed by atoms with Crippen molar-refractivity contribution in [1.82, 2.24) is 9.97 Å². The molecule has 3 rings (SSSR count). The first-order valence-corrected chi connectivity index (χ1v) is 7.58. The zero-order chi connectivity index (χ0) is 16.8. The molecule has 0 aliphatic heterocycles. The second-order valence-corrected chi connectivity index (χ2v) is 5.20. The van der Waals surface area contributed by atoms with Gasteiger partial charge in [0.2, 0.25) is 5.95 Å². The van der Waals surface area contributed by atoms with Gasteiger partial charge in [0.05, 0.1) is 12.8 Å². The molecule has 5 heteroatoms. The predicted molar refractivity (Wildman–Crippen MR) is 96.3 cm³/mol. The summed E-state index contributed by atoms with van der Waals surface area (Å²) in [6.07, 6.45) is 3.56. The van der Waals surface area contributed by atoms with Crippen molar-refractivity contribution in [3.8, 4) is 16.9 Å². The summed E-state index contributed by atoms with van der Waals surface area (Å²) in [5.74, 6) is 1.28. The van der Waals surface area contributed by atoms with Crippen LogP contribution in [0.25, 0.3) is 11.1 Å². The second kappa shape index (κ2) is 7.37. The molecule has 5 nitrogen and oxygen atoms in total. The smallest absolute Gasteiger partial charge is 0.243 e. The number of nitrogens with zero attached hydrogens (tertiary/aromatic N) is 3. The Bertz CT molecular complexity index is 812. The Labute approximate surface area is 141 Å². The zero-order valence-electron chi connectivity index (χ0n) is 13.6. The summed E-state index contributed by atoms with van der Waals surface area (Å²) in [4.78, 5) is 8.60. The van der Waals surface area contributed by atoms with Gasteiger partial charge in [-0.3, -0.25) is 0 Å². The number of hydrazone groups is 1. The third-order valence-electron chi connectivity index (χ3n) is 3.59. The fraction of sp³-hybridized carbons (Fsp3) is 0.105. The number of aromatic nitrogens is 2. The number of hydrogen-bond donors (Lipinski definition) is 1. The Kier molecular flexibility index (Phi) is 4.81. The Hall–Kier alpha value is -3.21. The van der Waals surface area contributed by atoms with Crippen LogP contribution in [0.15, 0.2) is 72.1 Å². The summed E-state index contributed by atoms with van der Waals surface area (Å²) >= 11 is 0. The minimum atomic E-state index is 0.461. The van der Waals surface area contributed by atoms with E-state index < -0.39 is 0 Å². The monoisotopic (exact) mass is 318 g/mol. The Morgan fingerprint density at radius 1 is 0.917 bits per heavy atom. The van der Waals surface area contributed by atoms with Crippen LogP contribution in [0.5, 0.6) is 5.75 Å². The van der Waals surface area contributed by atoms with Gasteiger partial charge in [-0.25, -0.2) is 15.4 Å². The first kappa shape index (κ1) is 15.7. The average Bonchev–Trinajstić information content (AvgIpc) is 2.67. The molecule has 1 heterocycles. The van der Waals surface area contributed by atoms with E-state index in [1.54, 1.807) is 19.5 Å². The van der Waals surface area contributed by atoms with Gasteiger partial charge in [0.1, 0.15) is 5.75 Å². The predicted octanol–water partition coefficient (Wildman–Crippen LogP) is 3.99. The van der Waals surface area contributed by atoms with Crippen LogP contribution >= 0.6 is 0 Å². The number of ether oxygens (including phenoxy) is 1. The van der Waals surface area contributed by atoms with Gasteiger partial charge in [0, 0.05) is 18.0 Å². The van der Waals surface area contributed by atoms with Crippen LogP contribution in [0.1, 0.15) is 12.5 Å². The molecule has 0 unspecified atom stereocenters. The van der Waals surface area contributed by atoms with Gasteiger partial charge in [-0.15, -0.1) is 0 Å². The summed E-state index contributed by atoms with van der Waals surface area (Å²) < 4.78 is 5.15. The van der Waals surface area contributed by atoms with Crippen LogP contribution in [0, 0.1) is 0 Å². The van der Waals surface area contributed by atoms with E-state index in [0.717, 1.165) is 28.2 Å². The fourth-order valence-corrected chi connectivity index (χ4v) is 2.20. The van der Waals surface area contributed by atoms with Gasteiger partial charge in [-0.05, 0) is 42.3 Å². The van der Waals surface area contributed by atoms with Crippen LogP contribution in [0.4, 0.5) is 5.95 Å². The second-order valence-electron chi connectivity index (χ2n) is 5.20. The van der Waals surface area contributed by atoms with Crippen molar-refractivity contribution in [1.29, 1.82) is 0 Å². The van der Waals surface area contributed by atoms with Gasteiger partial charge < -0.3 is 4.74 Å². The highest BCUT2D eigenvalue weighted by atomic mass is 16.5. The third-order valence-corrected chi connectivity index (χ3v) is 3.59. The van der Waals surface area contributed by atoms with E-state index in [1.807, 2.05) is 61.5 Å². The summed E-state index contributed by atoms with van der Waals surface area (Å²) in [7, 11) is 1.65. The quantitative estimate of drug-likeness (QED) is 0.571. The number of anilines is 1. The molecule has 0 aliphatic rings. The lowest BCUT2D eigenvalue weighted by molar-refractivity contribution is 0.415. The number of methoxy groups -OCH3 is 1. The number of hydrogen-bond acceptors (Lipinski definition) is 5. The number of nitrogens with one attached hydrogen (secondary N) is 1. The van der Waals surface area contributed by atoms with Gasteiger partial charge >= 0.3 is 0 Å². The molecule has 0 radical (unpaired) electrons. The first-order valence-electron chi connectivity index (χ1n) is 7.58. The Balaban J connectivity index is 1.69. The highest BCUT2D eigenvalue weighted by Crippen LogP contribution is 2.17. The van der Waals surface area contributed by atoms with E-state index in [1.165, 1.54) is 0 Å². The molecule has 2 aromatic carbocycles. The standard InChI is InChI=1S/C19H18N4O/c1-14(15-8-10-18(24-2)11-9-15)22-23-19-20-12-17(13-21-19)16-6-4-3-5-7-16/h3-13H,1-2H3,(H,20,21,23)/b22-14-.